The molecule has 2 aromatic rings. The third-order valence-electron chi connectivity index (χ3n) is 5.35. The summed E-state index contributed by atoms with van der Waals surface area (Å²) in [4.78, 5) is 11.4. The number of allylic oxidation sites excluding steroid dienone is 2. The van der Waals surface area contributed by atoms with Gasteiger partial charge in [0.25, 0.3) is 0 Å². The van der Waals surface area contributed by atoms with Crippen LogP contribution in [0.15, 0.2) is 72.0 Å². The van der Waals surface area contributed by atoms with E-state index in [9.17, 15) is 18.0 Å². The first-order valence-corrected chi connectivity index (χ1v) is 11.8. The van der Waals surface area contributed by atoms with Gasteiger partial charge >= 0.3 is 12.1 Å². The van der Waals surface area contributed by atoms with Gasteiger partial charge in [0.2, 0.25) is 0 Å². The number of rotatable bonds is 9. The molecule has 2 aromatic carbocycles. The first-order chi connectivity index (χ1) is 15.8. The summed E-state index contributed by atoms with van der Waals surface area (Å²) in [5, 5.41) is 0.312. The van der Waals surface area contributed by atoms with Crippen LogP contribution in [0.1, 0.15) is 37.3 Å². The molecule has 0 fully saturated rings. The minimum Gasteiger partial charge on any atom is -0.482 e. The highest BCUT2D eigenvalue weighted by atomic mass is 32.2. The van der Waals surface area contributed by atoms with E-state index in [1.807, 2.05) is 42.1 Å². The highest BCUT2D eigenvalue weighted by Gasteiger charge is 2.30. The molecule has 0 aliphatic heterocycles. The summed E-state index contributed by atoms with van der Waals surface area (Å²) in [5.74, 6) is 1.18. The van der Waals surface area contributed by atoms with E-state index in [1.54, 1.807) is 0 Å². The van der Waals surface area contributed by atoms with Gasteiger partial charge in [-0.15, -0.1) is 11.8 Å². The molecule has 0 heterocycles. The molecule has 1 aliphatic rings. The molecule has 3 rings (SSSR count). The minimum absolute atomic E-state index is 0.0908. The quantitative estimate of drug-likeness (QED) is 0.359. The average Bonchev–Trinajstić information content (AvgIpc) is 2.82. The molecule has 0 bridgehead atoms. The second-order valence-corrected chi connectivity index (χ2v) is 8.99. The van der Waals surface area contributed by atoms with Crippen LogP contribution in [-0.2, 0) is 26.2 Å². The molecular formula is C26H27F3O3S. The molecule has 0 amide bonds. The molecule has 1 atom stereocenters. The molecule has 1 unspecified atom stereocenters. The van der Waals surface area contributed by atoms with Crippen LogP contribution in [0.5, 0.6) is 0 Å². The largest absolute Gasteiger partial charge is 0.482 e. The maximum atomic E-state index is 12.8. The maximum Gasteiger partial charge on any atom is 0.416 e. The fraction of sp³-hybridized carbons (Fsp3) is 0.346. The van der Waals surface area contributed by atoms with E-state index in [-0.39, 0.29) is 6.61 Å². The summed E-state index contributed by atoms with van der Waals surface area (Å²) in [7, 11) is 1.34. The van der Waals surface area contributed by atoms with Crippen molar-refractivity contribution in [3.63, 3.8) is 0 Å². The number of hydrogen-bond acceptors (Lipinski definition) is 4. The first kappa shape index (κ1) is 25.0. The zero-order chi connectivity index (χ0) is 23.8. The van der Waals surface area contributed by atoms with Crippen LogP contribution in [0.4, 0.5) is 13.2 Å². The fourth-order valence-corrected chi connectivity index (χ4v) is 4.67. The fourth-order valence-electron chi connectivity index (χ4n) is 3.56. The molecule has 7 heteroatoms. The number of methoxy groups -OCH3 is 1. The van der Waals surface area contributed by atoms with Crippen molar-refractivity contribution in [2.45, 2.75) is 43.4 Å². The SMILES string of the molecule is CCCC1=C(OCC(=O)OC)C=CC(SCc2ccc(-c3ccc(C(F)(F)F)cc3)cc2)C1. The summed E-state index contributed by atoms with van der Waals surface area (Å²) >= 11 is 1.82. The number of ether oxygens (including phenoxy) is 2. The third-order valence-corrected chi connectivity index (χ3v) is 6.60. The third kappa shape index (κ3) is 7.16. The number of esters is 1. The smallest absolute Gasteiger partial charge is 0.416 e. The lowest BCUT2D eigenvalue weighted by molar-refractivity contribution is -0.144. The molecular weight excluding hydrogens is 449 g/mol. The van der Waals surface area contributed by atoms with E-state index < -0.39 is 17.7 Å². The number of carbonyl (C=O) groups excluding carboxylic acids is 1. The lowest BCUT2D eigenvalue weighted by Gasteiger charge is -2.22. The molecule has 0 N–H and O–H groups in total. The number of alkyl halides is 3. The molecule has 33 heavy (non-hydrogen) atoms. The molecule has 3 nitrogen and oxygen atoms in total. The Balaban J connectivity index is 1.56. The summed E-state index contributed by atoms with van der Waals surface area (Å²) in [6, 6.07) is 13.1. The maximum absolute atomic E-state index is 12.8. The van der Waals surface area contributed by atoms with Crippen molar-refractivity contribution in [3.05, 3.63) is 83.1 Å². The Morgan fingerprint density at radius 3 is 2.27 bits per heavy atom. The average molecular weight is 477 g/mol. The van der Waals surface area contributed by atoms with Gasteiger partial charge in [-0.2, -0.15) is 13.2 Å². The normalized spacial score (nSPS) is 16.1. The van der Waals surface area contributed by atoms with Crippen molar-refractivity contribution in [1.29, 1.82) is 0 Å². The van der Waals surface area contributed by atoms with Gasteiger partial charge < -0.3 is 9.47 Å². The first-order valence-electron chi connectivity index (χ1n) is 10.8. The molecule has 176 valence electrons. The highest BCUT2D eigenvalue weighted by Crippen LogP contribution is 2.33. The Labute approximate surface area is 196 Å². The predicted molar refractivity (Wildman–Crippen MR) is 126 cm³/mol. The van der Waals surface area contributed by atoms with E-state index in [1.165, 1.54) is 24.8 Å². The molecule has 0 saturated heterocycles. The molecule has 0 radical (unpaired) electrons. The number of hydrogen-bond donors (Lipinski definition) is 0. The van der Waals surface area contributed by atoms with Crippen molar-refractivity contribution in [2.75, 3.05) is 13.7 Å². The van der Waals surface area contributed by atoms with Crippen LogP contribution in [0.3, 0.4) is 0 Å². The van der Waals surface area contributed by atoms with Gasteiger partial charge in [0.1, 0.15) is 5.76 Å². The van der Waals surface area contributed by atoms with Crippen LogP contribution in [0.2, 0.25) is 0 Å². The summed E-state index contributed by atoms with van der Waals surface area (Å²) in [5.41, 5.74) is 3.36. The van der Waals surface area contributed by atoms with Gasteiger partial charge in [-0.1, -0.05) is 55.8 Å². The Morgan fingerprint density at radius 1 is 1.06 bits per heavy atom. The van der Waals surface area contributed by atoms with Crippen molar-refractivity contribution < 1.29 is 27.4 Å². The number of benzene rings is 2. The lowest BCUT2D eigenvalue weighted by atomic mass is 9.99. The molecule has 1 aliphatic carbocycles. The van der Waals surface area contributed by atoms with E-state index in [0.29, 0.717) is 5.25 Å². The van der Waals surface area contributed by atoms with E-state index in [2.05, 4.69) is 17.7 Å². The van der Waals surface area contributed by atoms with E-state index in [0.717, 1.165) is 59.6 Å². The van der Waals surface area contributed by atoms with Gasteiger partial charge in [0, 0.05) is 11.0 Å². The van der Waals surface area contributed by atoms with Crippen LogP contribution in [0.25, 0.3) is 11.1 Å². The predicted octanol–water partition coefficient (Wildman–Crippen LogP) is 7.18. The second kappa shape index (κ2) is 11.5. The lowest BCUT2D eigenvalue weighted by Crippen LogP contribution is -2.14. The van der Waals surface area contributed by atoms with Crippen LogP contribution in [-0.4, -0.2) is 24.9 Å². The minimum atomic E-state index is -4.33. The Hall–Kier alpha value is -2.67. The molecule has 0 aromatic heterocycles. The Morgan fingerprint density at radius 2 is 1.70 bits per heavy atom. The van der Waals surface area contributed by atoms with E-state index >= 15 is 0 Å². The zero-order valence-electron chi connectivity index (χ0n) is 18.7. The van der Waals surface area contributed by atoms with Gasteiger partial charge in [-0.3, -0.25) is 0 Å². The van der Waals surface area contributed by atoms with Crippen LogP contribution in [0, 0.1) is 0 Å². The van der Waals surface area contributed by atoms with Crippen LogP contribution >= 0.6 is 11.8 Å². The number of carbonyl (C=O) groups is 1. The highest BCUT2D eigenvalue weighted by molar-refractivity contribution is 7.99. The molecule has 0 saturated carbocycles. The van der Waals surface area contributed by atoms with Crippen molar-refractivity contribution >= 4 is 17.7 Å². The summed E-state index contributed by atoms with van der Waals surface area (Å²) < 4.78 is 48.5. The van der Waals surface area contributed by atoms with Gasteiger partial charge in [0.05, 0.1) is 12.7 Å². The Kier molecular flexibility index (Phi) is 8.67. The summed E-state index contributed by atoms with van der Waals surface area (Å²) in [6.07, 6.45) is 2.51. The van der Waals surface area contributed by atoms with Crippen molar-refractivity contribution in [3.8, 4) is 11.1 Å². The van der Waals surface area contributed by atoms with Gasteiger partial charge in [-0.05, 0) is 53.3 Å². The second-order valence-electron chi connectivity index (χ2n) is 7.77. The summed E-state index contributed by atoms with van der Waals surface area (Å²) in [6.45, 7) is 2.02. The monoisotopic (exact) mass is 476 g/mol. The Bertz CT molecular complexity index is 993. The number of thioether (sulfide) groups is 1. The molecule has 0 spiro atoms. The van der Waals surface area contributed by atoms with Crippen molar-refractivity contribution in [2.24, 2.45) is 0 Å². The van der Waals surface area contributed by atoms with Gasteiger partial charge in [-0.25, -0.2) is 4.79 Å². The standard InChI is InChI=1S/C26H27F3O3S/c1-3-4-21-15-23(13-14-24(21)32-16-25(30)31-2)33-17-18-5-7-19(8-6-18)20-9-11-22(12-10-20)26(27,28)29/h5-14,23H,3-4,15-17H2,1-2H3. The zero-order valence-corrected chi connectivity index (χ0v) is 19.5. The van der Waals surface area contributed by atoms with Gasteiger partial charge in [0.15, 0.2) is 6.61 Å². The number of halogens is 3. The van der Waals surface area contributed by atoms with E-state index in [4.69, 9.17) is 4.74 Å². The van der Waals surface area contributed by atoms with Crippen LogP contribution < -0.4 is 0 Å². The topological polar surface area (TPSA) is 35.5 Å². The van der Waals surface area contributed by atoms with Crippen molar-refractivity contribution in [1.82, 2.24) is 0 Å².